The minimum absolute atomic E-state index is 0.107. The molecule has 0 radical (unpaired) electrons. The van der Waals surface area contributed by atoms with Crippen LogP contribution in [0.1, 0.15) is 465 Å². The number of esters is 4. The Balaban J connectivity index is 5.25. The number of carbonyl (C=O) groups excluding carboxylic acids is 4. The zero-order chi connectivity index (χ0) is 77.8. The van der Waals surface area contributed by atoms with Gasteiger partial charge in [0, 0.05) is 25.7 Å². The molecule has 0 heterocycles. The van der Waals surface area contributed by atoms with Gasteiger partial charge in [0.05, 0.1) is 26.4 Å². The predicted octanol–water partition coefficient (Wildman–Crippen LogP) is 26.6. The Bertz CT molecular complexity index is 2030. The summed E-state index contributed by atoms with van der Waals surface area (Å²) in [5.74, 6) is -0.547. The van der Waals surface area contributed by atoms with Gasteiger partial charge in [-0.25, -0.2) is 9.13 Å². The van der Waals surface area contributed by atoms with Crippen LogP contribution in [0.15, 0.2) is 0 Å². The quantitative estimate of drug-likeness (QED) is 0.0222. The van der Waals surface area contributed by atoms with E-state index in [1.165, 1.54) is 283 Å². The Kier molecular flexibility index (Phi) is 76.9. The molecule has 0 spiro atoms. The van der Waals surface area contributed by atoms with E-state index >= 15 is 0 Å². The molecule has 0 saturated heterocycles. The number of hydrogen-bond donors (Lipinski definition) is 3. The van der Waals surface area contributed by atoms with Crippen LogP contribution in [0.2, 0.25) is 0 Å². The molecule has 0 aliphatic rings. The van der Waals surface area contributed by atoms with Crippen molar-refractivity contribution in [3.05, 3.63) is 0 Å². The molecule has 0 aromatic rings. The Labute approximate surface area is 651 Å². The second-order valence-electron chi connectivity index (χ2n) is 32.0. The van der Waals surface area contributed by atoms with Gasteiger partial charge in [0.2, 0.25) is 0 Å². The lowest BCUT2D eigenvalue weighted by molar-refractivity contribution is -0.161. The molecule has 6 atom stereocenters. The van der Waals surface area contributed by atoms with Crippen LogP contribution >= 0.6 is 15.6 Å². The number of ether oxygens (including phenoxy) is 4. The first kappa shape index (κ1) is 104. The van der Waals surface area contributed by atoms with Crippen LogP contribution in [-0.4, -0.2) is 96.7 Å². The van der Waals surface area contributed by atoms with Crippen molar-refractivity contribution in [1.82, 2.24) is 0 Å². The second kappa shape index (κ2) is 78.3. The first-order valence-corrected chi connectivity index (χ1v) is 48.0. The third-order valence-electron chi connectivity index (χ3n) is 20.8. The van der Waals surface area contributed by atoms with E-state index in [1.54, 1.807) is 0 Å². The summed E-state index contributed by atoms with van der Waals surface area (Å²) in [5.41, 5.74) is 0. The molecular formula is C87H170O17P2. The number of aliphatic hydroxyl groups is 1. The Morgan fingerprint density at radius 3 is 0.717 bits per heavy atom. The van der Waals surface area contributed by atoms with Crippen molar-refractivity contribution in [1.29, 1.82) is 0 Å². The number of carbonyl (C=O) groups is 4. The summed E-state index contributed by atoms with van der Waals surface area (Å²) < 4.78 is 69.0. The van der Waals surface area contributed by atoms with Gasteiger partial charge in [-0.05, 0) is 37.5 Å². The molecule has 0 aromatic carbocycles. The monoisotopic (exact) mass is 1550 g/mol. The van der Waals surface area contributed by atoms with Crippen LogP contribution in [0.4, 0.5) is 0 Å². The molecular weight excluding hydrogens is 1380 g/mol. The van der Waals surface area contributed by atoms with Crippen molar-refractivity contribution in [2.45, 2.75) is 484 Å². The van der Waals surface area contributed by atoms with Crippen LogP contribution in [0, 0.1) is 11.8 Å². The highest BCUT2D eigenvalue weighted by molar-refractivity contribution is 7.47. The van der Waals surface area contributed by atoms with Crippen molar-refractivity contribution in [3.63, 3.8) is 0 Å². The lowest BCUT2D eigenvalue weighted by atomic mass is 9.99. The fourth-order valence-electron chi connectivity index (χ4n) is 13.6. The number of phosphoric ester groups is 2. The van der Waals surface area contributed by atoms with Gasteiger partial charge >= 0.3 is 39.5 Å². The van der Waals surface area contributed by atoms with E-state index in [9.17, 15) is 43.2 Å². The highest BCUT2D eigenvalue weighted by Gasteiger charge is 2.30. The van der Waals surface area contributed by atoms with Gasteiger partial charge in [-0.1, -0.05) is 414 Å². The predicted molar refractivity (Wildman–Crippen MR) is 437 cm³/mol. The zero-order valence-electron chi connectivity index (χ0n) is 69.7. The summed E-state index contributed by atoms with van der Waals surface area (Å²) in [6.07, 6.45) is 70.8. The number of hydrogen-bond acceptors (Lipinski definition) is 15. The Hall–Kier alpha value is -1.94. The van der Waals surface area contributed by atoms with Gasteiger partial charge < -0.3 is 33.8 Å². The molecule has 0 fully saturated rings. The fourth-order valence-corrected chi connectivity index (χ4v) is 15.1. The van der Waals surface area contributed by atoms with Crippen molar-refractivity contribution < 1.29 is 80.2 Å². The van der Waals surface area contributed by atoms with Crippen LogP contribution in [0.5, 0.6) is 0 Å². The normalized spacial score (nSPS) is 14.1. The summed E-state index contributed by atoms with van der Waals surface area (Å²) >= 11 is 0. The van der Waals surface area contributed by atoms with Gasteiger partial charge in [0.15, 0.2) is 12.2 Å². The van der Waals surface area contributed by atoms with E-state index in [1.807, 2.05) is 0 Å². The Morgan fingerprint density at radius 1 is 0.274 bits per heavy atom. The first-order valence-electron chi connectivity index (χ1n) is 45.0. The highest BCUT2D eigenvalue weighted by atomic mass is 31.2. The van der Waals surface area contributed by atoms with E-state index in [0.29, 0.717) is 25.7 Å². The van der Waals surface area contributed by atoms with Crippen LogP contribution in [-0.2, 0) is 65.4 Å². The van der Waals surface area contributed by atoms with Crippen molar-refractivity contribution >= 4 is 39.5 Å². The summed E-state index contributed by atoms with van der Waals surface area (Å²) in [6, 6.07) is 0. The molecule has 0 aromatic heterocycles. The maximum Gasteiger partial charge on any atom is 0.472 e. The van der Waals surface area contributed by atoms with E-state index in [2.05, 4.69) is 41.5 Å². The van der Waals surface area contributed by atoms with E-state index in [4.69, 9.17) is 37.0 Å². The first-order chi connectivity index (χ1) is 51.4. The topological polar surface area (TPSA) is 237 Å². The summed E-state index contributed by atoms with van der Waals surface area (Å²) in [4.78, 5) is 73.3. The molecule has 0 aliphatic heterocycles. The molecule has 0 saturated carbocycles. The van der Waals surface area contributed by atoms with E-state index in [-0.39, 0.29) is 25.7 Å². The molecule has 0 amide bonds. The van der Waals surface area contributed by atoms with Crippen LogP contribution < -0.4 is 0 Å². The van der Waals surface area contributed by atoms with E-state index in [0.717, 1.165) is 102 Å². The second-order valence-corrected chi connectivity index (χ2v) is 34.9. The molecule has 106 heavy (non-hydrogen) atoms. The molecule has 17 nitrogen and oxygen atoms in total. The number of aliphatic hydroxyl groups excluding tert-OH is 1. The van der Waals surface area contributed by atoms with Gasteiger partial charge in [0.25, 0.3) is 0 Å². The largest absolute Gasteiger partial charge is 0.472 e. The van der Waals surface area contributed by atoms with Gasteiger partial charge in [-0.3, -0.25) is 37.3 Å². The fraction of sp³-hybridized carbons (Fsp3) is 0.954. The number of rotatable bonds is 86. The Morgan fingerprint density at radius 2 is 0.481 bits per heavy atom. The third kappa shape index (κ3) is 78.7. The molecule has 630 valence electrons. The highest BCUT2D eigenvalue weighted by Crippen LogP contribution is 2.45. The maximum atomic E-state index is 13.2. The summed E-state index contributed by atoms with van der Waals surface area (Å²) in [6.45, 7) is 9.69. The molecule has 0 bridgehead atoms. The van der Waals surface area contributed by atoms with Crippen LogP contribution in [0.25, 0.3) is 0 Å². The average molecular weight is 1550 g/mol. The molecule has 3 unspecified atom stereocenters. The van der Waals surface area contributed by atoms with Crippen molar-refractivity contribution in [2.24, 2.45) is 11.8 Å². The number of unbranched alkanes of at least 4 members (excludes halogenated alkanes) is 55. The lowest BCUT2D eigenvalue weighted by Gasteiger charge is -2.21. The number of phosphoric acid groups is 2. The maximum absolute atomic E-state index is 13.2. The SMILES string of the molecule is CCCCCCCCCCCCCCCCCCCCCCCC(=O)O[C@H](COC(=O)CCCCCCCCCCCCCCCCCCCC)COP(=O)(O)OC[C@@H](O)COP(=O)(O)OC[C@@H](COC(=O)CCCCCCCCCCC(C)CC)OC(=O)CCCCCCCCCCCCCCC(C)C. The van der Waals surface area contributed by atoms with Gasteiger partial charge in [0.1, 0.15) is 19.3 Å². The lowest BCUT2D eigenvalue weighted by Crippen LogP contribution is -2.30. The molecule has 3 N–H and O–H groups in total. The third-order valence-corrected chi connectivity index (χ3v) is 22.7. The smallest absolute Gasteiger partial charge is 0.462 e. The standard InChI is InChI=1S/C87H170O17P2/c1-7-10-12-14-16-18-20-22-24-26-28-29-30-32-34-36-41-45-53-59-65-71-86(91)103-82(75-97-84(89)69-63-57-51-44-40-35-33-31-27-25-23-21-19-17-15-13-11-8-2)77-101-105(93,94)99-73-81(88)74-100-106(95,96)102-78-83(76-98-85(90)70-64-58-52-48-47-50-56-62-68-80(6)9-3)104-87(92)72-66-60-54-46-42-38-37-39-43-49-55-61-67-79(4)5/h79-83,88H,7-78H2,1-6H3,(H,93,94)(H,95,96)/t80?,81-,82-,83-/m1/s1. The summed E-state index contributed by atoms with van der Waals surface area (Å²) in [5, 5.41) is 10.7. The summed E-state index contributed by atoms with van der Waals surface area (Å²) in [7, 11) is -9.93. The minimum atomic E-state index is -4.97. The van der Waals surface area contributed by atoms with Crippen molar-refractivity contribution in [2.75, 3.05) is 39.6 Å². The molecule has 19 heteroatoms. The zero-order valence-corrected chi connectivity index (χ0v) is 71.5. The van der Waals surface area contributed by atoms with Gasteiger partial charge in [-0.2, -0.15) is 0 Å². The van der Waals surface area contributed by atoms with Crippen molar-refractivity contribution in [3.8, 4) is 0 Å². The van der Waals surface area contributed by atoms with E-state index < -0.39 is 97.5 Å². The van der Waals surface area contributed by atoms with Gasteiger partial charge in [-0.15, -0.1) is 0 Å². The average Bonchev–Trinajstić information content (AvgIpc) is 0.904. The molecule has 0 rings (SSSR count). The van der Waals surface area contributed by atoms with Crippen LogP contribution in [0.3, 0.4) is 0 Å². The molecule has 0 aliphatic carbocycles. The minimum Gasteiger partial charge on any atom is -0.462 e.